The summed E-state index contributed by atoms with van der Waals surface area (Å²) in [7, 11) is 0. The molecule has 1 unspecified atom stereocenters. The Bertz CT molecular complexity index is 800. The lowest BCUT2D eigenvalue weighted by Gasteiger charge is -2.42. The van der Waals surface area contributed by atoms with Gasteiger partial charge >= 0.3 is 6.03 Å². The van der Waals surface area contributed by atoms with Crippen molar-refractivity contribution in [3.63, 3.8) is 0 Å². The van der Waals surface area contributed by atoms with Crippen LogP contribution in [0.5, 0.6) is 0 Å². The largest absolute Gasteiger partial charge is 0.334 e. The Hall–Kier alpha value is -2.56. The number of fused-ring (bicyclic) bond motifs is 4. The lowest BCUT2D eigenvalue weighted by molar-refractivity contribution is 0.131. The van der Waals surface area contributed by atoms with Gasteiger partial charge in [-0.05, 0) is 24.0 Å². The zero-order valence-corrected chi connectivity index (χ0v) is 13.5. The molecule has 24 heavy (non-hydrogen) atoms. The number of nitrogens with zero attached hydrogens (tertiary/aromatic N) is 2. The van der Waals surface area contributed by atoms with Crippen molar-refractivity contribution in [2.75, 3.05) is 13.1 Å². The summed E-state index contributed by atoms with van der Waals surface area (Å²) in [6, 6.07) is 15.4. The summed E-state index contributed by atoms with van der Waals surface area (Å²) in [4.78, 5) is 26.5. The van der Waals surface area contributed by atoms with Crippen LogP contribution in [0, 0.1) is 5.92 Å². The quantitative estimate of drug-likeness (QED) is 0.921. The minimum Gasteiger partial charge on any atom is -0.334 e. The second-order valence-corrected chi connectivity index (χ2v) is 6.75. The van der Waals surface area contributed by atoms with Crippen molar-refractivity contribution in [2.45, 2.75) is 25.4 Å². The van der Waals surface area contributed by atoms with Gasteiger partial charge in [-0.15, -0.1) is 0 Å². The molecular weight excluding hydrogens is 302 g/mol. The Labute approximate surface area is 140 Å². The van der Waals surface area contributed by atoms with E-state index in [0.29, 0.717) is 25.6 Å². The number of likely N-dealkylation sites (tertiary alicyclic amines) is 1. The molecule has 0 radical (unpaired) electrons. The number of amides is 2. The molecule has 0 aliphatic carbocycles. The van der Waals surface area contributed by atoms with Crippen LogP contribution in [-0.4, -0.2) is 28.6 Å². The van der Waals surface area contributed by atoms with Crippen LogP contribution in [-0.2, 0) is 13.1 Å². The normalized spacial score (nSPS) is 21.9. The van der Waals surface area contributed by atoms with Gasteiger partial charge in [-0.3, -0.25) is 4.79 Å². The van der Waals surface area contributed by atoms with Crippen molar-refractivity contribution in [2.24, 2.45) is 5.92 Å². The number of urea groups is 1. The van der Waals surface area contributed by atoms with Crippen molar-refractivity contribution in [1.29, 1.82) is 0 Å². The number of nitrogens with one attached hydrogen (secondary N) is 1. The molecule has 2 amide bonds. The first-order valence-corrected chi connectivity index (χ1v) is 8.47. The molecule has 0 saturated carbocycles. The lowest BCUT2D eigenvalue weighted by atomic mass is 9.83. The summed E-state index contributed by atoms with van der Waals surface area (Å²) in [6.45, 7) is 2.66. The zero-order valence-electron chi connectivity index (χ0n) is 13.5. The van der Waals surface area contributed by atoms with Gasteiger partial charge in [0.2, 0.25) is 0 Å². The van der Waals surface area contributed by atoms with E-state index in [1.54, 1.807) is 6.07 Å². The molecule has 2 atom stereocenters. The monoisotopic (exact) mass is 323 g/mol. The van der Waals surface area contributed by atoms with Crippen LogP contribution >= 0.6 is 0 Å². The third-order valence-corrected chi connectivity index (χ3v) is 5.05. The van der Waals surface area contributed by atoms with Crippen LogP contribution in [0.25, 0.3) is 0 Å². The van der Waals surface area contributed by atoms with Gasteiger partial charge in [0.1, 0.15) is 0 Å². The van der Waals surface area contributed by atoms with E-state index in [1.165, 1.54) is 0 Å². The maximum Gasteiger partial charge on any atom is 0.317 e. The first kappa shape index (κ1) is 15.0. The Morgan fingerprint density at radius 2 is 1.88 bits per heavy atom. The molecule has 0 spiro atoms. The summed E-state index contributed by atoms with van der Waals surface area (Å²) in [5.41, 5.74) is 2.24. The van der Waals surface area contributed by atoms with Crippen molar-refractivity contribution >= 4 is 6.03 Å². The Morgan fingerprint density at radius 3 is 2.71 bits per heavy atom. The van der Waals surface area contributed by atoms with E-state index in [4.69, 9.17) is 0 Å². The molecule has 2 aliphatic heterocycles. The first-order chi connectivity index (χ1) is 11.7. The predicted octanol–water partition coefficient (Wildman–Crippen LogP) is 2.18. The summed E-state index contributed by atoms with van der Waals surface area (Å²) < 4.78 is 1.89. The fourth-order valence-corrected chi connectivity index (χ4v) is 3.95. The molecule has 1 fully saturated rings. The number of benzene rings is 1. The number of rotatable bonds is 2. The van der Waals surface area contributed by atoms with Crippen molar-refractivity contribution < 1.29 is 4.79 Å². The molecule has 5 nitrogen and oxygen atoms in total. The second-order valence-electron chi connectivity index (χ2n) is 6.75. The third-order valence-electron chi connectivity index (χ3n) is 5.05. The molecule has 2 aromatic rings. The Balaban J connectivity index is 1.46. The van der Waals surface area contributed by atoms with E-state index in [-0.39, 0.29) is 17.5 Å². The standard InChI is InChI=1S/C19H21N3O2/c23-18-8-4-7-17-16-9-15(12-22(17)18)11-21(13-16)19(24)20-10-14-5-2-1-3-6-14/h1-8,15-16H,9-13H2,(H,20,24)/t15?,16-/m0/s1. The van der Waals surface area contributed by atoms with Gasteiger partial charge in [-0.1, -0.05) is 36.4 Å². The third kappa shape index (κ3) is 2.82. The van der Waals surface area contributed by atoms with Crippen molar-refractivity contribution in [3.05, 3.63) is 70.1 Å². The molecule has 1 saturated heterocycles. The van der Waals surface area contributed by atoms with Crippen LogP contribution in [0.4, 0.5) is 4.79 Å². The molecule has 1 N–H and O–H groups in total. The maximum atomic E-state index is 12.5. The number of piperidine rings is 1. The predicted molar refractivity (Wildman–Crippen MR) is 91.8 cm³/mol. The summed E-state index contributed by atoms with van der Waals surface area (Å²) >= 11 is 0. The van der Waals surface area contributed by atoms with Crippen LogP contribution in [0.15, 0.2) is 53.3 Å². The molecule has 5 heteroatoms. The number of aromatic nitrogens is 1. The van der Waals surface area contributed by atoms with E-state index in [0.717, 1.165) is 24.2 Å². The summed E-state index contributed by atoms with van der Waals surface area (Å²) in [5.74, 6) is 0.618. The average Bonchev–Trinajstić information content (AvgIpc) is 2.61. The maximum absolute atomic E-state index is 12.5. The molecule has 4 rings (SSSR count). The molecular formula is C19H21N3O2. The number of hydrogen-bond acceptors (Lipinski definition) is 2. The topological polar surface area (TPSA) is 54.3 Å². The highest BCUT2D eigenvalue weighted by Gasteiger charge is 2.36. The van der Waals surface area contributed by atoms with E-state index in [9.17, 15) is 9.59 Å². The van der Waals surface area contributed by atoms with E-state index in [2.05, 4.69) is 5.32 Å². The number of pyridine rings is 1. The number of hydrogen-bond donors (Lipinski definition) is 1. The Morgan fingerprint density at radius 1 is 1.04 bits per heavy atom. The summed E-state index contributed by atoms with van der Waals surface area (Å²) in [6.07, 6.45) is 1.06. The van der Waals surface area contributed by atoms with Gasteiger partial charge < -0.3 is 14.8 Å². The second kappa shape index (κ2) is 6.15. The smallest absolute Gasteiger partial charge is 0.317 e. The lowest BCUT2D eigenvalue weighted by Crippen LogP contribution is -2.51. The summed E-state index contributed by atoms with van der Waals surface area (Å²) in [5, 5.41) is 3.01. The molecule has 2 aliphatic rings. The van der Waals surface area contributed by atoms with E-state index in [1.807, 2.05) is 51.9 Å². The van der Waals surface area contributed by atoms with Gasteiger partial charge in [0, 0.05) is 43.9 Å². The minimum atomic E-state index is -0.0136. The SMILES string of the molecule is O=C(NCc1ccccc1)N1CC2C[C@@H](C1)c1cccc(=O)n1C2. The van der Waals surface area contributed by atoms with Crippen LogP contribution in [0.2, 0.25) is 0 Å². The van der Waals surface area contributed by atoms with E-state index >= 15 is 0 Å². The van der Waals surface area contributed by atoms with Crippen LogP contribution in [0.3, 0.4) is 0 Å². The minimum absolute atomic E-state index is 0.0136. The molecule has 1 aromatic heterocycles. The highest BCUT2D eigenvalue weighted by Crippen LogP contribution is 2.34. The van der Waals surface area contributed by atoms with Crippen LogP contribution < -0.4 is 10.9 Å². The molecule has 124 valence electrons. The number of carbonyl (C=O) groups excluding carboxylic acids is 1. The molecule has 1 aromatic carbocycles. The van der Waals surface area contributed by atoms with Crippen molar-refractivity contribution in [1.82, 2.24) is 14.8 Å². The zero-order chi connectivity index (χ0) is 16.5. The van der Waals surface area contributed by atoms with Gasteiger partial charge in [0.05, 0.1) is 0 Å². The first-order valence-electron chi connectivity index (χ1n) is 8.47. The van der Waals surface area contributed by atoms with Gasteiger partial charge in [0.25, 0.3) is 5.56 Å². The number of carbonyl (C=O) groups is 1. The molecule has 2 bridgehead atoms. The fourth-order valence-electron chi connectivity index (χ4n) is 3.95. The molecule has 3 heterocycles. The van der Waals surface area contributed by atoms with Gasteiger partial charge in [-0.2, -0.15) is 0 Å². The van der Waals surface area contributed by atoms with Gasteiger partial charge in [-0.25, -0.2) is 4.79 Å². The highest BCUT2D eigenvalue weighted by molar-refractivity contribution is 5.74. The average molecular weight is 323 g/mol. The van der Waals surface area contributed by atoms with Gasteiger partial charge in [0.15, 0.2) is 0 Å². The van der Waals surface area contributed by atoms with E-state index < -0.39 is 0 Å². The van der Waals surface area contributed by atoms with Crippen LogP contribution in [0.1, 0.15) is 23.6 Å². The van der Waals surface area contributed by atoms with Crippen molar-refractivity contribution in [3.8, 4) is 0 Å². The highest BCUT2D eigenvalue weighted by atomic mass is 16.2. The Kier molecular flexibility index (Phi) is 3.84. The fraction of sp³-hybridized carbons (Fsp3) is 0.368.